The minimum Gasteiger partial charge on any atom is -0.366 e. The van der Waals surface area contributed by atoms with Crippen molar-refractivity contribution in [2.75, 3.05) is 18.0 Å². The molecule has 4 rings (SSSR count). The van der Waals surface area contributed by atoms with E-state index in [2.05, 4.69) is 21.7 Å². The van der Waals surface area contributed by atoms with Crippen LogP contribution in [0.15, 0.2) is 43.0 Å². The first-order valence-electron chi connectivity index (χ1n) is 8.60. The van der Waals surface area contributed by atoms with Gasteiger partial charge in [0.1, 0.15) is 5.52 Å². The van der Waals surface area contributed by atoms with E-state index in [-0.39, 0.29) is 5.92 Å². The third-order valence-corrected chi connectivity index (χ3v) is 4.90. The summed E-state index contributed by atoms with van der Waals surface area (Å²) in [6, 6.07) is 1.95. The molecule has 8 nitrogen and oxygen atoms in total. The zero-order chi connectivity index (χ0) is 18.3. The Labute approximate surface area is 150 Å². The van der Waals surface area contributed by atoms with Crippen LogP contribution in [0.4, 0.5) is 5.82 Å². The molecule has 2 N–H and O–H groups in total. The fraction of sp³-hybridized carbons (Fsp3) is 0.333. The van der Waals surface area contributed by atoms with Gasteiger partial charge in [0.2, 0.25) is 5.91 Å². The molecule has 134 valence electrons. The standard InChI is InChI=1S/C18H21N7O/c1-12(17(19)26)13-4-3-7-24(10-13)18-16-5-6-20-25(16)11-15(22-18)14-8-21-23(2)9-14/h5-6,8-9,11,13H,1,3-4,7,10H2,2H3,(H2,19,26). The molecule has 3 aromatic heterocycles. The normalized spacial score (nSPS) is 17.6. The topological polar surface area (TPSA) is 94.3 Å². The Hall–Kier alpha value is -3.16. The molecule has 1 atom stereocenters. The first-order valence-corrected chi connectivity index (χ1v) is 8.60. The second-order valence-electron chi connectivity index (χ2n) is 6.69. The van der Waals surface area contributed by atoms with Crippen LogP contribution in [0.2, 0.25) is 0 Å². The zero-order valence-corrected chi connectivity index (χ0v) is 14.7. The smallest absolute Gasteiger partial charge is 0.244 e. The highest BCUT2D eigenvalue weighted by molar-refractivity contribution is 5.92. The number of piperidine rings is 1. The zero-order valence-electron chi connectivity index (χ0n) is 14.7. The largest absolute Gasteiger partial charge is 0.366 e. The lowest BCUT2D eigenvalue weighted by molar-refractivity contribution is -0.115. The highest BCUT2D eigenvalue weighted by atomic mass is 16.1. The van der Waals surface area contributed by atoms with Gasteiger partial charge in [0, 0.05) is 43.4 Å². The maximum atomic E-state index is 11.5. The Balaban J connectivity index is 1.74. The monoisotopic (exact) mass is 351 g/mol. The van der Waals surface area contributed by atoms with Crippen LogP contribution in [0.25, 0.3) is 16.8 Å². The molecule has 1 saturated heterocycles. The molecule has 1 aliphatic heterocycles. The van der Waals surface area contributed by atoms with Gasteiger partial charge < -0.3 is 10.6 Å². The van der Waals surface area contributed by atoms with Gasteiger partial charge in [0.05, 0.1) is 24.3 Å². The summed E-state index contributed by atoms with van der Waals surface area (Å²) < 4.78 is 3.58. The molecular formula is C18H21N7O. The lowest BCUT2D eigenvalue weighted by atomic mass is 9.91. The first-order chi connectivity index (χ1) is 12.5. The van der Waals surface area contributed by atoms with Gasteiger partial charge in [-0.1, -0.05) is 6.58 Å². The van der Waals surface area contributed by atoms with E-state index < -0.39 is 5.91 Å². The summed E-state index contributed by atoms with van der Waals surface area (Å²) >= 11 is 0. The van der Waals surface area contributed by atoms with E-state index >= 15 is 0 Å². The molecular weight excluding hydrogens is 330 g/mol. The predicted molar refractivity (Wildman–Crippen MR) is 98.5 cm³/mol. The van der Waals surface area contributed by atoms with Crippen LogP contribution in [0.3, 0.4) is 0 Å². The molecule has 1 amide bonds. The quantitative estimate of drug-likeness (QED) is 0.717. The highest BCUT2D eigenvalue weighted by Gasteiger charge is 2.27. The molecule has 26 heavy (non-hydrogen) atoms. The summed E-state index contributed by atoms with van der Waals surface area (Å²) in [5.74, 6) is 0.474. The average molecular weight is 351 g/mol. The van der Waals surface area contributed by atoms with Gasteiger partial charge in [0.25, 0.3) is 0 Å². The number of anilines is 1. The average Bonchev–Trinajstić information content (AvgIpc) is 3.28. The lowest BCUT2D eigenvalue weighted by Gasteiger charge is -2.34. The van der Waals surface area contributed by atoms with Crippen LogP contribution in [0, 0.1) is 5.92 Å². The number of rotatable bonds is 4. The number of nitrogens with zero attached hydrogens (tertiary/aromatic N) is 6. The summed E-state index contributed by atoms with van der Waals surface area (Å²) in [5.41, 5.74) is 8.59. The first kappa shape index (κ1) is 16.3. The van der Waals surface area contributed by atoms with Gasteiger partial charge in [-0.05, 0) is 18.9 Å². The number of carbonyl (C=O) groups excluding carboxylic acids is 1. The molecule has 0 bridgehead atoms. The van der Waals surface area contributed by atoms with Crippen LogP contribution in [0.1, 0.15) is 12.8 Å². The van der Waals surface area contributed by atoms with Gasteiger partial charge in [-0.25, -0.2) is 9.50 Å². The maximum absolute atomic E-state index is 11.5. The van der Waals surface area contributed by atoms with E-state index in [4.69, 9.17) is 10.7 Å². The predicted octanol–water partition coefficient (Wildman–Crippen LogP) is 1.39. The number of hydrogen-bond acceptors (Lipinski definition) is 5. The van der Waals surface area contributed by atoms with Crippen LogP contribution in [0.5, 0.6) is 0 Å². The molecule has 0 radical (unpaired) electrons. The van der Waals surface area contributed by atoms with E-state index in [1.54, 1.807) is 17.1 Å². The number of aryl methyl sites for hydroxylation is 1. The second-order valence-corrected chi connectivity index (χ2v) is 6.69. The van der Waals surface area contributed by atoms with Gasteiger partial charge in [0.15, 0.2) is 5.82 Å². The van der Waals surface area contributed by atoms with Crippen molar-refractivity contribution < 1.29 is 4.79 Å². The molecule has 1 unspecified atom stereocenters. The van der Waals surface area contributed by atoms with Crippen molar-refractivity contribution in [2.24, 2.45) is 18.7 Å². The van der Waals surface area contributed by atoms with Crippen LogP contribution in [-0.2, 0) is 11.8 Å². The van der Waals surface area contributed by atoms with Crippen LogP contribution >= 0.6 is 0 Å². The Morgan fingerprint density at radius 1 is 1.35 bits per heavy atom. The van der Waals surface area contributed by atoms with E-state index in [9.17, 15) is 4.79 Å². The van der Waals surface area contributed by atoms with E-state index in [0.717, 1.165) is 42.0 Å². The molecule has 4 heterocycles. The van der Waals surface area contributed by atoms with Crippen molar-refractivity contribution in [3.63, 3.8) is 0 Å². The summed E-state index contributed by atoms with van der Waals surface area (Å²) in [6.07, 6.45) is 9.24. The summed E-state index contributed by atoms with van der Waals surface area (Å²) in [5, 5.41) is 8.61. The van der Waals surface area contributed by atoms with Crippen molar-refractivity contribution in [3.05, 3.63) is 43.0 Å². The molecule has 3 aromatic rings. The van der Waals surface area contributed by atoms with Gasteiger partial charge in [-0.3, -0.25) is 9.48 Å². The Morgan fingerprint density at radius 2 is 2.19 bits per heavy atom. The Morgan fingerprint density at radius 3 is 2.92 bits per heavy atom. The number of carbonyl (C=O) groups is 1. The molecule has 0 spiro atoms. The number of fused-ring (bicyclic) bond motifs is 1. The second kappa shape index (κ2) is 6.29. The van der Waals surface area contributed by atoms with Gasteiger partial charge in [-0.15, -0.1) is 0 Å². The lowest BCUT2D eigenvalue weighted by Crippen LogP contribution is -2.38. The molecule has 8 heteroatoms. The fourth-order valence-electron chi connectivity index (χ4n) is 3.49. The molecule has 0 aromatic carbocycles. The van der Waals surface area contributed by atoms with Crippen molar-refractivity contribution in [3.8, 4) is 11.3 Å². The number of nitrogens with two attached hydrogens (primary N) is 1. The van der Waals surface area contributed by atoms with Crippen molar-refractivity contribution in [1.82, 2.24) is 24.4 Å². The summed E-state index contributed by atoms with van der Waals surface area (Å²) in [7, 11) is 1.88. The Bertz CT molecular complexity index is 987. The number of amides is 1. The number of hydrogen-bond donors (Lipinski definition) is 1. The van der Waals surface area contributed by atoms with Gasteiger partial charge >= 0.3 is 0 Å². The van der Waals surface area contributed by atoms with Crippen LogP contribution in [-0.4, -0.2) is 43.4 Å². The molecule has 0 aliphatic carbocycles. The van der Waals surface area contributed by atoms with Crippen LogP contribution < -0.4 is 10.6 Å². The minimum atomic E-state index is -0.427. The van der Waals surface area contributed by atoms with E-state index in [1.165, 1.54) is 0 Å². The highest BCUT2D eigenvalue weighted by Crippen LogP contribution is 2.30. The number of primary amides is 1. The third-order valence-electron chi connectivity index (χ3n) is 4.90. The number of aromatic nitrogens is 5. The fourth-order valence-corrected chi connectivity index (χ4v) is 3.49. The summed E-state index contributed by atoms with van der Waals surface area (Å²) in [6.45, 7) is 5.42. The van der Waals surface area contributed by atoms with Crippen molar-refractivity contribution >= 4 is 17.2 Å². The summed E-state index contributed by atoms with van der Waals surface area (Å²) in [4.78, 5) is 18.6. The maximum Gasteiger partial charge on any atom is 0.244 e. The molecule has 1 aliphatic rings. The van der Waals surface area contributed by atoms with Crippen molar-refractivity contribution in [1.29, 1.82) is 0 Å². The van der Waals surface area contributed by atoms with E-state index in [1.807, 2.05) is 30.0 Å². The van der Waals surface area contributed by atoms with E-state index in [0.29, 0.717) is 12.1 Å². The SMILES string of the molecule is C=C(C(N)=O)C1CCCN(c2nc(-c3cnn(C)c3)cn3nccc23)C1. The minimum absolute atomic E-state index is 0.0491. The molecule has 1 fully saturated rings. The van der Waals surface area contributed by atoms with Crippen molar-refractivity contribution in [2.45, 2.75) is 12.8 Å². The molecule has 0 saturated carbocycles. The Kier molecular flexibility index (Phi) is 3.95. The van der Waals surface area contributed by atoms with Gasteiger partial charge in [-0.2, -0.15) is 10.2 Å². The third kappa shape index (κ3) is 2.83.